The lowest BCUT2D eigenvalue weighted by molar-refractivity contribution is 0.0640. The molecule has 0 radical (unpaired) electrons. The molecule has 1 atom stereocenters. The third-order valence-electron chi connectivity index (χ3n) is 4.19. The van der Waals surface area contributed by atoms with E-state index in [0.717, 1.165) is 30.8 Å². The summed E-state index contributed by atoms with van der Waals surface area (Å²) in [4.78, 5) is 5.03. The van der Waals surface area contributed by atoms with E-state index in [9.17, 15) is 5.11 Å². The summed E-state index contributed by atoms with van der Waals surface area (Å²) in [6.45, 7) is 11.5. The molecular weight excluding hydrogens is 330 g/mol. The number of aliphatic hydroxyl groups excluding tert-OH is 1. The molecule has 0 aliphatic heterocycles. The Morgan fingerprint density at radius 3 is 2.52 bits per heavy atom. The van der Waals surface area contributed by atoms with Crippen molar-refractivity contribution in [1.29, 1.82) is 0 Å². The summed E-state index contributed by atoms with van der Waals surface area (Å²) in [6.07, 6.45) is 0.642. The summed E-state index contributed by atoms with van der Waals surface area (Å²) in [5.74, 6) is 1.51. The molecule has 0 bridgehead atoms. The van der Waals surface area contributed by atoms with Gasteiger partial charge in [0, 0.05) is 22.8 Å². The Balaban J connectivity index is 1.88. The van der Waals surface area contributed by atoms with Crippen molar-refractivity contribution in [2.45, 2.75) is 46.8 Å². The second kappa shape index (κ2) is 9.95. The standard InChI is InChI=1S/C21H31NO2S/c1-16(2)11-12-22(14-20-10-9-18(4)25-20)13-19(23)15-24-21-8-6-5-7-17(21)3/h5-10,16,19,23H,11-15H2,1-4H3. The smallest absolute Gasteiger partial charge is 0.122 e. The minimum absolute atomic E-state index is 0.326. The SMILES string of the molecule is Cc1ccc(CN(CCC(C)C)CC(O)COc2ccccc2C)s1. The average Bonchev–Trinajstić information content (AvgIpc) is 2.97. The number of hydrogen-bond donors (Lipinski definition) is 1. The molecule has 25 heavy (non-hydrogen) atoms. The van der Waals surface area contributed by atoms with Crippen LogP contribution in [0.5, 0.6) is 5.75 Å². The first-order valence-corrected chi connectivity index (χ1v) is 9.90. The number of nitrogens with zero attached hydrogens (tertiary/aromatic N) is 1. The molecule has 0 spiro atoms. The molecule has 1 aromatic heterocycles. The number of rotatable bonds is 10. The summed E-state index contributed by atoms with van der Waals surface area (Å²) in [6, 6.07) is 12.3. The predicted octanol–water partition coefficient (Wildman–Crippen LogP) is 4.65. The number of hydrogen-bond acceptors (Lipinski definition) is 4. The molecule has 3 nitrogen and oxygen atoms in total. The fourth-order valence-corrected chi connectivity index (χ4v) is 3.65. The minimum atomic E-state index is -0.493. The molecule has 0 aliphatic rings. The molecule has 1 unspecified atom stereocenters. The van der Waals surface area contributed by atoms with E-state index in [2.05, 4.69) is 37.8 Å². The van der Waals surface area contributed by atoms with Crippen LogP contribution in [0.25, 0.3) is 0 Å². The molecule has 4 heteroatoms. The van der Waals surface area contributed by atoms with Gasteiger partial charge in [-0.15, -0.1) is 11.3 Å². The van der Waals surface area contributed by atoms with Crippen molar-refractivity contribution < 1.29 is 9.84 Å². The number of aliphatic hydroxyl groups is 1. The van der Waals surface area contributed by atoms with Crippen molar-refractivity contribution in [2.75, 3.05) is 19.7 Å². The Labute approximate surface area is 156 Å². The van der Waals surface area contributed by atoms with Crippen LogP contribution in [0.1, 0.15) is 35.6 Å². The molecule has 0 saturated carbocycles. The highest BCUT2D eigenvalue weighted by atomic mass is 32.1. The van der Waals surface area contributed by atoms with Gasteiger partial charge in [0.25, 0.3) is 0 Å². The van der Waals surface area contributed by atoms with Gasteiger partial charge in [-0.1, -0.05) is 32.0 Å². The van der Waals surface area contributed by atoms with Crippen LogP contribution < -0.4 is 4.74 Å². The highest BCUT2D eigenvalue weighted by Gasteiger charge is 2.15. The lowest BCUT2D eigenvalue weighted by Crippen LogP contribution is -2.36. The summed E-state index contributed by atoms with van der Waals surface area (Å²) < 4.78 is 5.81. The predicted molar refractivity (Wildman–Crippen MR) is 106 cm³/mol. The van der Waals surface area contributed by atoms with Gasteiger partial charge in [-0.05, 0) is 56.5 Å². The van der Waals surface area contributed by atoms with Crippen LogP contribution in [-0.4, -0.2) is 35.8 Å². The maximum absolute atomic E-state index is 10.5. The molecule has 0 saturated heterocycles. The van der Waals surface area contributed by atoms with E-state index in [1.165, 1.54) is 9.75 Å². The van der Waals surface area contributed by atoms with Crippen molar-refractivity contribution >= 4 is 11.3 Å². The molecular formula is C21H31NO2S. The van der Waals surface area contributed by atoms with Crippen molar-refractivity contribution in [3.8, 4) is 5.75 Å². The zero-order valence-electron chi connectivity index (χ0n) is 15.9. The number of aryl methyl sites for hydroxylation is 2. The van der Waals surface area contributed by atoms with Crippen LogP contribution in [0.15, 0.2) is 36.4 Å². The Kier molecular flexibility index (Phi) is 7.94. The van der Waals surface area contributed by atoms with Crippen molar-refractivity contribution in [3.63, 3.8) is 0 Å². The van der Waals surface area contributed by atoms with E-state index >= 15 is 0 Å². The molecule has 0 aliphatic carbocycles. The van der Waals surface area contributed by atoms with Gasteiger partial charge in [-0.25, -0.2) is 0 Å². The first-order chi connectivity index (χ1) is 11.9. The van der Waals surface area contributed by atoms with Crippen LogP contribution in [0.3, 0.4) is 0 Å². The van der Waals surface area contributed by atoms with E-state index in [1.54, 1.807) is 0 Å². The van der Waals surface area contributed by atoms with Gasteiger partial charge in [0.05, 0.1) is 0 Å². The van der Waals surface area contributed by atoms with Crippen LogP contribution in [0.4, 0.5) is 0 Å². The van der Waals surface area contributed by atoms with E-state index in [1.807, 2.05) is 42.5 Å². The van der Waals surface area contributed by atoms with Crippen molar-refractivity contribution in [2.24, 2.45) is 5.92 Å². The Bertz CT molecular complexity index is 638. The van der Waals surface area contributed by atoms with E-state index < -0.39 is 6.10 Å². The summed E-state index contributed by atoms with van der Waals surface area (Å²) >= 11 is 1.84. The maximum atomic E-state index is 10.5. The lowest BCUT2D eigenvalue weighted by Gasteiger charge is -2.25. The van der Waals surface area contributed by atoms with Crippen LogP contribution in [-0.2, 0) is 6.54 Å². The van der Waals surface area contributed by atoms with Gasteiger partial charge in [0.1, 0.15) is 18.5 Å². The molecule has 138 valence electrons. The fourth-order valence-electron chi connectivity index (χ4n) is 2.72. The van der Waals surface area contributed by atoms with Gasteiger partial charge in [0.15, 0.2) is 0 Å². The molecule has 1 aromatic carbocycles. The monoisotopic (exact) mass is 361 g/mol. The van der Waals surface area contributed by atoms with Gasteiger partial charge >= 0.3 is 0 Å². The third-order valence-corrected chi connectivity index (χ3v) is 5.18. The number of thiophene rings is 1. The third kappa shape index (κ3) is 7.18. The molecule has 0 amide bonds. The molecule has 0 fully saturated rings. The Morgan fingerprint density at radius 2 is 1.88 bits per heavy atom. The quantitative estimate of drug-likeness (QED) is 0.668. The first kappa shape index (κ1) is 20.0. The van der Waals surface area contributed by atoms with E-state index in [0.29, 0.717) is 19.1 Å². The second-order valence-electron chi connectivity index (χ2n) is 7.16. The van der Waals surface area contributed by atoms with Crippen molar-refractivity contribution in [1.82, 2.24) is 4.90 Å². The lowest BCUT2D eigenvalue weighted by atomic mass is 10.1. The number of ether oxygens (including phenoxy) is 1. The van der Waals surface area contributed by atoms with Crippen LogP contribution in [0, 0.1) is 19.8 Å². The normalized spacial score (nSPS) is 12.8. The molecule has 1 heterocycles. The topological polar surface area (TPSA) is 32.7 Å². The minimum Gasteiger partial charge on any atom is -0.491 e. The number of para-hydroxylation sites is 1. The zero-order chi connectivity index (χ0) is 18.2. The van der Waals surface area contributed by atoms with Gasteiger partial charge in [-0.2, -0.15) is 0 Å². The summed E-state index contributed by atoms with van der Waals surface area (Å²) in [5.41, 5.74) is 1.10. The fraction of sp³-hybridized carbons (Fsp3) is 0.524. The highest BCUT2D eigenvalue weighted by Crippen LogP contribution is 2.19. The highest BCUT2D eigenvalue weighted by molar-refractivity contribution is 7.11. The molecule has 2 rings (SSSR count). The van der Waals surface area contributed by atoms with Gasteiger partial charge in [0.2, 0.25) is 0 Å². The van der Waals surface area contributed by atoms with Gasteiger partial charge < -0.3 is 9.84 Å². The van der Waals surface area contributed by atoms with E-state index in [4.69, 9.17) is 4.74 Å². The van der Waals surface area contributed by atoms with Crippen LogP contribution >= 0.6 is 11.3 Å². The molecule has 1 N–H and O–H groups in total. The van der Waals surface area contributed by atoms with Gasteiger partial charge in [-0.3, -0.25) is 4.90 Å². The average molecular weight is 362 g/mol. The first-order valence-electron chi connectivity index (χ1n) is 9.08. The van der Waals surface area contributed by atoms with Crippen molar-refractivity contribution in [3.05, 3.63) is 51.7 Å². The Hall–Kier alpha value is -1.36. The largest absolute Gasteiger partial charge is 0.491 e. The second-order valence-corrected chi connectivity index (χ2v) is 8.53. The summed E-state index contributed by atoms with van der Waals surface area (Å²) in [7, 11) is 0. The summed E-state index contributed by atoms with van der Waals surface area (Å²) in [5, 5.41) is 10.5. The zero-order valence-corrected chi connectivity index (χ0v) is 16.7. The number of benzene rings is 1. The van der Waals surface area contributed by atoms with Crippen LogP contribution in [0.2, 0.25) is 0 Å². The van der Waals surface area contributed by atoms with E-state index in [-0.39, 0.29) is 0 Å². The maximum Gasteiger partial charge on any atom is 0.122 e. The molecule has 2 aromatic rings. The Morgan fingerprint density at radius 1 is 1.12 bits per heavy atom.